The van der Waals surface area contributed by atoms with Gasteiger partial charge in [-0.2, -0.15) is 0 Å². The van der Waals surface area contributed by atoms with E-state index in [4.69, 9.17) is 5.11 Å². The largest absolute Gasteiger partial charge is 0.506 e. The van der Waals surface area contributed by atoms with Gasteiger partial charge in [0.15, 0.2) is 0 Å². The van der Waals surface area contributed by atoms with Gasteiger partial charge in [-0.15, -0.1) is 0 Å². The van der Waals surface area contributed by atoms with E-state index in [0.29, 0.717) is 0 Å². The SMILES string of the molecule is CN(C(=O)Nc1ccc(C(=O)O)cc1O)C1CCCC1. The van der Waals surface area contributed by atoms with Crippen molar-refractivity contribution in [3.63, 3.8) is 0 Å². The Kier molecular flexibility index (Phi) is 4.12. The molecule has 0 aliphatic heterocycles. The Bertz CT molecular complexity index is 524. The van der Waals surface area contributed by atoms with Crippen molar-refractivity contribution in [2.75, 3.05) is 12.4 Å². The highest BCUT2D eigenvalue weighted by Crippen LogP contribution is 2.26. The number of aromatic hydroxyl groups is 1. The van der Waals surface area contributed by atoms with Gasteiger partial charge < -0.3 is 20.4 Å². The van der Waals surface area contributed by atoms with Crippen molar-refractivity contribution in [1.82, 2.24) is 4.90 Å². The summed E-state index contributed by atoms with van der Waals surface area (Å²) in [5.74, 6) is -1.38. The molecule has 0 spiro atoms. The van der Waals surface area contributed by atoms with Gasteiger partial charge in [-0.1, -0.05) is 12.8 Å². The van der Waals surface area contributed by atoms with Crippen molar-refractivity contribution in [3.8, 4) is 5.75 Å². The lowest BCUT2D eigenvalue weighted by atomic mass is 10.2. The number of hydrogen-bond acceptors (Lipinski definition) is 3. The number of carboxylic acids is 1. The number of benzene rings is 1. The summed E-state index contributed by atoms with van der Waals surface area (Å²) < 4.78 is 0. The predicted octanol–water partition coefficient (Wildman–Crippen LogP) is 2.50. The van der Waals surface area contributed by atoms with E-state index in [-0.39, 0.29) is 29.1 Å². The Morgan fingerprint density at radius 1 is 1.30 bits per heavy atom. The van der Waals surface area contributed by atoms with Crippen LogP contribution in [0.15, 0.2) is 18.2 Å². The van der Waals surface area contributed by atoms with Crippen LogP contribution >= 0.6 is 0 Å². The van der Waals surface area contributed by atoms with Crippen molar-refractivity contribution in [2.45, 2.75) is 31.7 Å². The summed E-state index contributed by atoms with van der Waals surface area (Å²) in [5, 5.41) is 21.1. The number of phenols is 1. The number of carbonyl (C=O) groups excluding carboxylic acids is 1. The number of phenolic OH excluding ortho intramolecular Hbond substituents is 1. The van der Waals surface area contributed by atoms with Gasteiger partial charge >= 0.3 is 12.0 Å². The standard InChI is InChI=1S/C14H18N2O4/c1-16(10-4-2-3-5-10)14(20)15-11-7-6-9(13(18)19)8-12(11)17/h6-8,10,17H,2-5H2,1H3,(H,15,20)(H,18,19). The third-order valence-corrected chi connectivity index (χ3v) is 3.68. The number of hydrogen-bond donors (Lipinski definition) is 3. The molecule has 0 bridgehead atoms. The van der Waals surface area contributed by atoms with Gasteiger partial charge in [0.25, 0.3) is 0 Å². The molecule has 1 fully saturated rings. The molecule has 0 saturated heterocycles. The van der Waals surface area contributed by atoms with E-state index in [0.717, 1.165) is 31.7 Å². The van der Waals surface area contributed by atoms with Crippen LogP contribution in [0, 0.1) is 0 Å². The van der Waals surface area contributed by atoms with Crippen molar-refractivity contribution in [3.05, 3.63) is 23.8 Å². The van der Waals surface area contributed by atoms with Gasteiger partial charge in [-0.05, 0) is 31.0 Å². The highest BCUT2D eigenvalue weighted by molar-refractivity contribution is 5.93. The summed E-state index contributed by atoms with van der Waals surface area (Å²) in [4.78, 5) is 24.5. The fourth-order valence-electron chi connectivity index (χ4n) is 2.43. The smallest absolute Gasteiger partial charge is 0.335 e. The molecule has 0 atom stereocenters. The van der Waals surface area contributed by atoms with E-state index in [1.165, 1.54) is 12.1 Å². The van der Waals surface area contributed by atoms with Gasteiger partial charge in [0.2, 0.25) is 0 Å². The molecule has 0 aromatic heterocycles. The lowest BCUT2D eigenvalue weighted by Gasteiger charge is -2.24. The lowest BCUT2D eigenvalue weighted by Crippen LogP contribution is -2.38. The average Bonchev–Trinajstić information content (AvgIpc) is 2.93. The highest BCUT2D eigenvalue weighted by Gasteiger charge is 2.23. The molecule has 1 saturated carbocycles. The molecule has 6 nitrogen and oxygen atoms in total. The van der Waals surface area contributed by atoms with Crippen LogP contribution < -0.4 is 5.32 Å². The van der Waals surface area contributed by atoms with Crippen molar-refractivity contribution in [2.24, 2.45) is 0 Å². The van der Waals surface area contributed by atoms with Crippen LogP contribution in [-0.4, -0.2) is 40.2 Å². The van der Waals surface area contributed by atoms with Crippen LogP contribution in [0.1, 0.15) is 36.0 Å². The van der Waals surface area contributed by atoms with E-state index in [9.17, 15) is 14.7 Å². The molecular weight excluding hydrogens is 260 g/mol. The Morgan fingerprint density at radius 3 is 2.50 bits per heavy atom. The monoisotopic (exact) mass is 278 g/mol. The van der Waals surface area contributed by atoms with E-state index in [1.807, 2.05) is 0 Å². The molecule has 0 radical (unpaired) electrons. The molecule has 2 rings (SSSR count). The zero-order chi connectivity index (χ0) is 14.7. The fraction of sp³-hybridized carbons (Fsp3) is 0.429. The molecule has 0 unspecified atom stereocenters. The van der Waals surface area contributed by atoms with E-state index >= 15 is 0 Å². The molecule has 1 aromatic carbocycles. The van der Waals surface area contributed by atoms with Crippen LogP contribution in [0.3, 0.4) is 0 Å². The number of carboxylic acid groups (broad SMARTS) is 1. The molecule has 2 amide bonds. The molecule has 20 heavy (non-hydrogen) atoms. The number of amides is 2. The molecule has 108 valence electrons. The molecule has 1 aliphatic carbocycles. The third kappa shape index (κ3) is 3.01. The fourth-order valence-corrected chi connectivity index (χ4v) is 2.43. The Balaban J connectivity index is 2.05. The third-order valence-electron chi connectivity index (χ3n) is 3.68. The zero-order valence-electron chi connectivity index (χ0n) is 11.3. The van der Waals surface area contributed by atoms with E-state index < -0.39 is 5.97 Å². The number of carbonyl (C=O) groups is 2. The first-order chi connectivity index (χ1) is 9.49. The maximum atomic E-state index is 12.1. The Morgan fingerprint density at radius 2 is 1.95 bits per heavy atom. The minimum absolute atomic E-state index is 0.0235. The van der Waals surface area contributed by atoms with Crippen molar-refractivity contribution < 1.29 is 19.8 Å². The second-order valence-electron chi connectivity index (χ2n) is 5.02. The number of aromatic carboxylic acids is 1. The highest BCUT2D eigenvalue weighted by atomic mass is 16.4. The first-order valence-corrected chi connectivity index (χ1v) is 6.59. The number of nitrogens with zero attached hydrogens (tertiary/aromatic N) is 1. The number of anilines is 1. The maximum absolute atomic E-state index is 12.1. The first kappa shape index (κ1) is 14.2. The summed E-state index contributed by atoms with van der Waals surface area (Å²) in [7, 11) is 1.73. The summed E-state index contributed by atoms with van der Waals surface area (Å²) in [5.41, 5.74) is 0.189. The summed E-state index contributed by atoms with van der Waals surface area (Å²) in [6.45, 7) is 0. The molecular formula is C14H18N2O4. The zero-order valence-corrected chi connectivity index (χ0v) is 11.3. The molecule has 6 heteroatoms. The van der Waals surface area contributed by atoms with Crippen LogP contribution in [0.5, 0.6) is 5.75 Å². The van der Waals surface area contributed by atoms with Crippen LogP contribution in [0.2, 0.25) is 0 Å². The number of rotatable bonds is 3. The van der Waals surface area contributed by atoms with Crippen molar-refractivity contribution in [1.29, 1.82) is 0 Å². The normalized spacial score (nSPS) is 15.1. The topological polar surface area (TPSA) is 89.9 Å². The van der Waals surface area contributed by atoms with E-state index in [2.05, 4.69) is 5.32 Å². The van der Waals surface area contributed by atoms with Gasteiger partial charge in [-0.25, -0.2) is 9.59 Å². The summed E-state index contributed by atoms with van der Waals surface area (Å²) in [6.07, 6.45) is 4.24. The molecule has 3 N–H and O–H groups in total. The first-order valence-electron chi connectivity index (χ1n) is 6.59. The maximum Gasteiger partial charge on any atom is 0.335 e. The van der Waals surface area contributed by atoms with Crippen LogP contribution in [-0.2, 0) is 0 Å². The summed E-state index contributed by atoms with van der Waals surface area (Å²) in [6, 6.07) is 3.78. The van der Waals surface area contributed by atoms with Crippen molar-refractivity contribution >= 4 is 17.7 Å². The second kappa shape index (κ2) is 5.81. The van der Waals surface area contributed by atoms with Gasteiger partial charge in [0.1, 0.15) is 5.75 Å². The average molecular weight is 278 g/mol. The van der Waals surface area contributed by atoms with Crippen LogP contribution in [0.4, 0.5) is 10.5 Å². The minimum Gasteiger partial charge on any atom is -0.506 e. The minimum atomic E-state index is -1.12. The molecule has 1 aliphatic rings. The lowest BCUT2D eigenvalue weighted by molar-refractivity contribution is 0.0696. The Hall–Kier alpha value is -2.24. The quantitative estimate of drug-likeness (QED) is 0.741. The van der Waals surface area contributed by atoms with E-state index in [1.54, 1.807) is 11.9 Å². The number of nitrogens with one attached hydrogen (secondary N) is 1. The Labute approximate surface area is 117 Å². The molecule has 1 aromatic rings. The molecule has 0 heterocycles. The van der Waals surface area contributed by atoms with Crippen LogP contribution in [0.25, 0.3) is 0 Å². The second-order valence-corrected chi connectivity index (χ2v) is 5.02. The van der Waals surface area contributed by atoms with Gasteiger partial charge in [0, 0.05) is 13.1 Å². The van der Waals surface area contributed by atoms with Gasteiger partial charge in [-0.3, -0.25) is 0 Å². The predicted molar refractivity (Wildman–Crippen MR) is 74.1 cm³/mol. The van der Waals surface area contributed by atoms with Gasteiger partial charge in [0.05, 0.1) is 11.3 Å². The summed E-state index contributed by atoms with van der Waals surface area (Å²) >= 11 is 0. The number of urea groups is 1.